The second-order valence-corrected chi connectivity index (χ2v) is 7.07. The summed E-state index contributed by atoms with van der Waals surface area (Å²) < 4.78 is 19.4. The minimum atomic E-state index is -4.37. The van der Waals surface area contributed by atoms with Gasteiger partial charge < -0.3 is 18.9 Å². The number of ether oxygens (including phenoxy) is 1. The Hall–Kier alpha value is -1.23. The van der Waals surface area contributed by atoms with Crippen LogP contribution in [0.1, 0.15) is 5.76 Å². The molecule has 1 unspecified atom stereocenters. The van der Waals surface area contributed by atoms with E-state index in [1.165, 1.54) is 12.3 Å². The van der Waals surface area contributed by atoms with Gasteiger partial charge in [-0.2, -0.15) is 0 Å². The molecule has 1 atom stereocenters. The predicted octanol–water partition coefficient (Wildman–Crippen LogP) is 0.744. The monoisotopic (exact) mass is 414 g/mol. The first-order valence-electron chi connectivity index (χ1n) is 5.07. The van der Waals surface area contributed by atoms with Crippen molar-refractivity contribution in [1.82, 2.24) is 5.32 Å². The van der Waals surface area contributed by atoms with Crippen molar-refractivity contribution in [2.75, 3.05) is 6.35 Å². The van der Waals surface area contributed by atoms with Gasteiger partial charge in [-0.3, -0.25) is 14.7 Å². The zero-order valence-electron chi connectivity index (χ0n) is 9.65. The molecule has 3 N–H and O–H groups in total. The second-order valence-electron chi connectivity index (χ2n) is 3.78. The Morgan fingerprint density at radius 1 is 1.50 bits per heavy atom. The number of urea groups is 1. The SMILES string of the molecule is O=C1N=CC(I)(c2occc2OCP(=O)(O)O)C(=O)N1. The number of hydrogen-bond acceptors (Lipinski definition) is 5. The van der Waals surface area contributed by atoms with Crippen molar-refractivity contribution in [3.05, 3.63) is 18.1 Å². The number of rotatable bonds is 4. The molecule has 108 valence electrons. The van der Waals surface area contributed by atoms with Crippen molar-refractivity contribution < 1.29 is 33.1 Å². The summed E-state index contributed by atoms with van der Waals surface area (Å²) in [5, 5.41) is 2.01. The molecule has 1 aliphatic rings. The van der Waals surface area contributed by atoms with Gasteiger partial charge in [-0.15, -0.1) is 0 Å². The molecule has 9 nitrogen and oxygen atoms in total. The molecule has 2 rings (SSSR count). The third-order valence-corrected chi connectivity index (χ3v) is 3.98. The van der Waals surface area contributed by atoms with Crippen LogP contribution in [0.5, 0.6) is 5.75 Å². The van der Waals surface area contributed by atoms with Gasteiger partial charge in [-0.1, -0.05) is 22.6 Å². The largest absolute Gasteiger partial charge is 0.477 e. The summed E-state index contributed by atoms with van der Waals surface area (Å²) in [6, 6.07) is 0.509. The summed E-state index contributed by atoms with van der Waals surface area (Å²) in [4.78, 5) is 43.9. The molecule has 0 saturated carbocycles. The average Bonchev–Trinajstić information content (AvgIpc) is 2.80. The molecule has 1 aromatic rings. The molecule has 0 saturated heterocycles. The Morgan fingerprint density at radius 3 is 2.80 bits per heavy atom. The fourth-order valence-corrected chi connectivity index (χ4v) is 2.39. The van der Waals surface area contributed by atoms with Crippen molar-refractivity contribution in [2.45, 2.75) is 3.42 Å². The number of hydrogen-bond donors (Lipinski definition) is 3. The number of halogens is 1. The molecule has 0 aromatic carbocycles. The van der Waals surface area contributed by atoms with Crippen LogP contribution in [0.4, 0.5) is 4.79 Å². The molecular formula is C9H8IN2O7P. The van der Waals surface area contributed by atoms with Crippen molar-refractivity contribution in [2.24, 2.45) is 4.99 Å². The van der Waals surface area contributed by atoms with Crippen LogP contribution in [0.25, 0.3) is 0 Å². The third kappa shape index (κ3) is 3.08. The number of carbonyl (C=O) groups is 2. The van der Waals surface area contributed by atoms with Gasteiger partial charge in [0.15, 0.2) is 21.3 Å². The van der Waals surface area contributed by atoms with Crippen LogP contribution in [-0.2, 0) is 12.8 Å². The van der Waals surface area contributed by atoms with Gasteiger partial charge in [-0.05, 0) is 0 Å². The normalized spacial score (nSPS) is 22.8. The Kier molecular flexibility index (Phi) is 4.00. The third-order valence-electron chi connectivity index (χ3n) is 2.26. The lowest BCUT2D eigenvalue weighted by Crippen LogP contribution is -2.46. The molecule has 0 radical (unpaired) electrons. The van der Waals surface area contributed by atoms with Crippen LogP contribution in [0.2, 0.25) is 0 Å². The van der Waals surface area contributed by atoms with E-state index < -0.39 is 29.3 Å². The van der Waals surface area contributed by atoms with E-state index in [-0.39, 0.29) is 11.5 Å². The quantitative estimate of drug-likeness (QED) is 0.376. The standard InChI is InChI=1S/C9H8IN2O7P/c10-9(3-11-8(14)12-7(9)13)6-5(1-2-18-6)19-4-20(15,16)17/h1-3H,4H2,(H,12,13,14)(H2,15,16,17). The van der Waals surface area contributed by atoms with E-state index in [4.69, 9.17) is 18.9 Å². The average molecular weight is 414 g/mol. The smallest absolute Gasteiger partial charge is 0.362 e. The van der Waals surface area contributed by atoms with Crippen molar-refractivity contribution in [1.29, 1.82) is 0 Å². The Balaban J connectivity index is 2.32. The Morgan fingerprint density at radius 2 is 2.20 bits per heavy atom. The van der Waals surface area contributed by atoms with Gasteiger partial charge >= 0.3 is 13.6 Å². The van der Waals surface area contributed by atoms with Gasteiger partial charge in [0.25, 0.3) is 5.91 Å². The number of nitrogens with zero attached hydrogens (tertiary/aromatic N) is 1. The molecule has 20 heavy (non-hydrogen) atoms. The zero-order valence-corrected chi connectivity index (χ0v) is 12.7. The van der Waals surface area contributed by atoms with E-state index in [0.29, 0.717) is 0 Å². The highest BCUT2D eigenvalue weighted by Gasteiger charge is 2.45. The number of nitrogens with one attached hydrogen (secondary N) is 1. The number of alkyl halides is 1. The van der Waals surface area contributed by atoms with E-state index in [2.05, 4.69) is 4.99 Å². The molecule has 0 spiro atoms. The lowest BCUT2D eigenvalue weighted by molar-refractivity contribution is -0.120. The summed E-state index contributed by atoms with van der Waals surface area (Å²) in [6.45, 7) is 0. The molecule has 3 amide bonds. The van der Waals surface area contributed by atoms with Crippen LogP contribution < -0.4 is 10.1 Å². The lowest BCUT2D eigenvalue weighted by Gasteiger charge is -2.23. The molecule has 11 heteroatoms. The fraction of sp³-hybridized carbons (Fsp3) is 0.222. The topological polar surface area (TPSA) is 138 Å². The van der Waals surface area contributed by atoms with E-state index in [1.807, 2.05) is 5.32 Å². The highest BCUT2D eigenvalue weighted by atomic mass is 127. The predicted molar refractivity (Wildman–Crippen MR) is 74.0 cm³/mol. The first kappa shape index (κ1) is 15.2. The summed E-state index contributed by atoms with van der Waals surface area (Å²) in [7, 11) is -4.37. The minimum Gasteiger partial charge on any atom is -0.477 e. The maximum Gasteiger partial charge on any atom is 0.362 e. The van der Waals surface area contributed by atoms with Crippen LogP contribution in [0, 0.1) is 0 Å². The number of carbonyl (C=O) groups excluding carboxylic acids is 2. The Labute approximate surface area is 125 Å². The fourth-order valence-electron chi connectivity index (χ4n) is 1.42. The molecule has 1 aliphatic heterocycles. The van der Waals surface area contributed by atoms with Crippen molar-refractivity contribution in [3.8, 4) is 5.75 Å². The van der Waals surface area contributed by atoms with Crippen LogP contribution in [-0.4, -0.2) is 34.3 Å². The molecule has 0 bridgehead atoms. The van der Waals surface area contributed by atoms with Crippen molar-refractivity contribution >= 4 is 48.3 Å². The first-order chi connectivity index (χ1) is 9.22. The summed E-state index contributed by atoms with van der Waals surface area (Å²) in [5.74, 6) is -0.715. The summed E-state index contributed by atoms with van der Waals surface area (Å²) in [5.41, 5.74) is 0. The summed E-state index contributed by atoms with van der Waals surface area (Å²) >= 11 is 1.69. The highest BCUT2D eigenvalue weighted by Crippen LogP contribution is 2.41. The zero-order chi connectivity index (χ0) is 15.0. The van der Waals surface area contributed by atoms with Gasteiger partial charge in [0.1, 0.15) is 0 Å². The second kappa shape index (κ2) is 5.28. The minimum absolute atomic E-state index is 0.0136. The number of imide groups is 1. The van der Waals surface area contributed by atoms with E-state index in [1.54, 1.807) is 22.6 Å². The lowest BCUT2D eigenvalue weighted by atomic mass is 10.1. The molecule has 1 aromatic heterocycles. The van der Waals surface area contributed by atoms with Gasteiger partial charge in [-0.25, -0.2) is 9.79 Å². The molecule has 2 heterocycles. The maximum atomic E-state index is 11.9. The van der Waals surface area contributed by atoms with Crippen LogP contribution >= 0.6 is 30.2 Å². The summed E-state index contributed by atoms with van der Waals surface area (Å²) in [6.07, 6.45) is 1.42. The van der Waals surface area contributed by atoms with Crippen LogP contribution in [0.15, 0.2) is 21.7 Å². The number of aliphatic imine (C=N–C) groups is 1. The molecule has 0 aliphatic carbocycles. The highest BCUT2D eigenvalue weighted by molar-refractivity contribution is 14.1. The Bertz CT molecular complexity index is 636. The van der Waals surface area contributed by atoms with Gasteiger partial charge in [0.05, 0.1) is 6.26 Å². The number of furan rings is 1. The van der Waals surface area contributed by atoms with Crippen molar-refractivity contribution in [3.63, 3.8) is 0 Å². The van der Waals surface area contributed by atoms with Gasteiger partial charge in [0.2, 0.25) is 0 Å². The molecular weight excluding hydrogens is 406 g/mol. The van der Waals surface area contributed by atoms with Crippen LogP contribution in [0.3, 0.4) is 0 Å². The molecule has 0 fully saturated rings. The maximum absolute atomic E-state index is 11.9. The number of amides is 3. The van der Waals surface area contributed by atoms with E-state index in [9.17, 15) is 14.2 Å². The van der Waals surface area contributed by atoms with E-state index in [0.717, 1.165) is 6.21 Å². The first-order valence-corrected chi connectivity index (χ1v) is 7.95. The van der Waals surface area contributed by atoms with Gasteiger partial charge in [0, 0.05) is 12.3 Å². The van der Waals surface area contributed by atoms with E-state index >= 15 is 0 Å².